The summed E-state index contributed by atoms with van der Waals surface area (Å²) in [6.45, 7) is 15.3. The molecule has 0 aromatic heterocycles. The average Bonchev–Trinajstić information content (AvgIpc) is 3.28. The third kappa shape index (κ3) is 14.3. The quantitative estimate of drug-likeness (QED) is 0.153. The first kappa shape index (κ1) is 54.3. The number of carbonyl (C=O) groups excluding carboxylic acids is 5. The van der Waals surface area contributed by atoms with Crippen LogP contribution in [0.15, 0.2) is 47.6 Å². The van der Waals surface area contributed by atoms with E-state index >= 15 is 0 Å². The van der Waals surface area contributed by atoms with Crippen LogP contribution in [-0.2, 0) is 47.7 Å². The van der Waals surface area contributed by atoms with E-state index in [-0.39, 0.29) is 66.6 Å². The van der Waals surface area contributed by atoms with Gasteiger partial charge in [0.1, 0.15) is 24.0 Å². The van der Waals surface area contributed by atoms with Crippen LogP contribution in [0.25, 0.3) is 0 Å². The largest absolute Gasteiger partial charge is 0.460 e. The van der Waals surface area contributed by atoms with Crippen LogP contribution < -0.4 is 0 Å². The molecule has 3 heterocycles. The monoisotopic (exact) mass is 912 g/mol. The van der Waals surface area contributed by atoms with Gasteiger partial charge in [0.05, 0.1) is 24.4 Å². The smallest absolute Gasteiger partial charge is 0.329 e. The average molecular weight is 912 g/mol. The second-order valence-corrected chi connectivity index (χ2v) is 19.9. The zero-order chi connectivity index (χ0) is 48.2. The molecule has 65 heavy (non-hydrogen) atoms. The second kappa shape index (κ2) is 25.2. The van der Waals surface area contributed by atoms with E-state index in [1.54, 1.807) is 28.1 Å². The van der Waals surface area contributed by atoms with Gasteiger partial charge in [-0.2, -0.15) is 0 Å². The summed E-state index contributed by atoms with van der Waals surface area (Å²) in [5.41, 5.74) is 1.73. The summed E-state index contributed by atoms with van der Waals surface area (Å²) in [6, 6.07) is -1.11. The number of rotatable bonds is 6. The predicted octanol–water partition coefficient (Wildman–Crippen LogP) is 7.46. The highest BCUT2D eigenvalue weighted by Crippen LogP contribution is 2.38. The minimum atomic E-state index is -2.41. The van der Waals surface area contributed by atoms with Crippen molar-refractivity contribution in [2.45, 2.75) is 181 Å². The maximum atomic E-state index is 14.4. The topological polar surface area (TPSA) is 175 Å². The molecule has 3 aliphatic heterocycles. The van der Waals surface area contributed by atoms with Crippen molar-refractivity contribution in [3.8, 4) is 0 Å². The molecule has 2 N–H and O–H groups in total. The number of ketones is 3. The van der Waals surface area contributed by atoms with E-state index in [2.05, 4.69) is 13.0 Å². The second-order valence-electron chi connectivity index (χ2n) is 19.9. The number of piperidine rings is 1. The third-order valence-electron chi connectivity index (χ3n) is 14.9. The molecule has 0 radical (unpaired) electrons. The van der Waals surface area contributed by atoms with Crippen LogP contribution >= 0.6 is 0 Å². The molecule has 3 fully saturated rings. The van der Waals surface area contributed by atoms with Gasteiger partial charge in [-0.25, -0.2) is 4.79 Å². The van der Waals surface area contributed by atoms with E-state index in [9.17, 15) is 34.2 Å². The molecule has 1 amide bonds. The predicted molar refractivity (Wildman–Crippen MR) is 248 cm³/mol. The van der Waals surface area contributed by atoms with Gasteiger partial charge in [-0.05, 0) is 101 Å². The van der Waals surface area contributed by atoms with Crippen LogP contribution in [0.2, 0.25) is 0 Å². The molecular formula is C52H81NO12. The molecule has 5 unspecified atom stereocenters. The van der Waals surface area contributed by atoms with Crippen LogP contribution in [0.1, 0.15) is 132 Å². The molecule has 0 aromatic rings. The lowest BCUT2D eigenvalue weighted by atomic mass is 9.78. The van der Waals surface area contributed by atoms with Crippen LogP contribution in [-0.4, -0.2) is 121 Å². The first-order valence-corrected chi connectivity index (χ1v) is 24.2. The number of nitrogens with zero attached hydrogens (tertiary/aromatic N) is 1. The summed E-state index contributed by atoms with van der Waals surface area (Å²) in [4.78, 5) is 72.1. The Hall–Kier alpha value is -3.33. The normalized spacial score (nSPS) is 39.1. The number of aliphatic hydroxyl groups is 2. The van der Waals surface area contributed by atoms with E-state index in [1.165, 1.54) is 12.0 Å². The Morgan fingerprint density at radius 2 is 1.57 bits per heavy atom. The Balaban J connectivity index is 1.70. The Morgan fingerprint density at radius 3 is 2.25 bits per heavy atom. The standard InChI is InChI=1S/C52H81NO12/c1-31-17-13-12-14-18-32(2)44(61-9)29-40-22-20-37(7)52(60,65-40)49(57)50(58)53-24-16-15-19-41(53)51(59)64-45(35(5)27-39-21-23-42(54)46(28-39)62-10)30-43(55)34(4)26-33(3)38(8)48(63-11)47(56)36(6)25-31/h12-14,17-18,26,31,34-42,44-46,48,54,60H,15-16,19-25,27-30H2,1-11H3/b14-12?,17-13+,32-18?,33-26+/t31-,34-,35-,36?,37?,38-,39+,40?,41+,42-,44?,45+,46-,48-,52?/m1/s1. The highest BCUT2D eigenvalue weighted by Gasteiger charge is 2.53. The summed E-state index contributed by atoms with van der Waals surface area (Å²) >= 11 is 0. The van der Waals surface area contributed by atoms with Gasteiger partial charge in [0, 0.05) is 64.4 Å². The van der Waals surface area contributed by atoms with E-state index in [1.807, 2.05) is 65.0 Å². The number of cyclic esters (lactones) is 1. The van der Waals surface area contributed by atoms with Crippen molar-refractivity contribution in [3.05, 3.63) is 47.6 Å². The number of hydrogen-bond acceptors (Lipinski definition) is 12. The van der Waals surface area contributed by atoms with Crippen molar-refractivity contribution in [3.63, 3.8) is 0 Å². The maximum Gasteiger partial charge on any atom is 0.329 e. The van der Waals surface area contributed by atoms with Gasteiger partial charge in [-0.3, -0.25) is 19.2 Å². The lowest BCUT2D eigenvalue weighted by Gasteiger charge is -2.42. The van der Waals surface area contributed by atoms with Gasteiger partial charge >= 0.3 is 5.97 Å². The highest BCUT2D eigenvalue weighted by atomic mass is 16.6. The summed E-state index contributed by atoms with van der Waals surface area (Å²) in [5.74, 6) is -7.31. The number of amides is 1. The molecule has 1 saturated carbocycles. The van der Waals surface area contributed by atoms with Gasteiger partial charge < -0.3 is 38.8 Å². The van der Waals surface area contributed by atoms with Crippen molar-refractivity contribution in [1.29, 1.82) is 0 Å². The molecule has 15 atom stereocenters. The van der Waals surface area contributed by atoms with E-state index in [4.69, 9.17) is 23.7 Å². The Kier molecular flexibility index (Phi) is 21.0. The number of Topliss-reactive ketones (excluding diaryl/α,β-unsaturated/α-hetero) is 3. The van der Waals surface area contributed by atoms with Crippen molar-refractivity contribution in [1.82, 2.24) is 4.90 Å². The number of carbonyl (C=O) groups is 5. The van der Waals surface area contributed by atoms with Crippen LogP contribution in [0, 0.1) is 41.4 Å². The van der Waals surface area contributed by atoms with Crippen molar-refractivity contribution in [2.75, 3.05) is 27.9 Å². The molecule has 0 spiro atoms. The highest BCUT2D eigenvalue weighted by molar-refractivity contribution is 6.39. The number of hydrogen-bond donors (Lipinski definition) is 2. The number of ether oxygens (including phenoxy) is 5. The van der Waals surface area contributed by atoms with Gasteiger partial charge in [-0.1, -0.05) is 83.6 Å². The fourth-order valence-corrected chi connectivity index (χ4v) is 10.3. The Bertz CT molecular complexity index is 1750. The zero-order valence-electron chi connectivity index (χ0n) is 41.2. The van der Waals surface area contributed by atoms with Crippen LogP contribution in [0.5, 0.6) is 0 Å². The van der Waals surface area contributed by atoms with Gasteiger partial charge in [-0.15, -0.1) is 0 Å². The SMILES string of the molecule is COC1CC2CCC(C)C(O)(O2)C(=O)C(=O)N2CCCC[C@H]2C(=O)O[C@H]([C@H](C)C[C@@H]2CC[C@@H](O)[C@H](OC)C2)CC(=O)[C@H](C)/C=C(\C)[C@@H](C)[C@@H](OC)C(=O)C(C)C[C@H](C)/C=C/C=CC=C1C. The molecule has 13 heteroatoms. The minimum absolute atomic E-state index is 0.00540. The number of methoxy groups -OCH3 is 3. The fraction of sp³-hybridized carbons (Fsp3) is 0.750. The molecule has 2 bridgehead atoms. The number of fused-ring (bicyclic) bond motifs is 3. The molecular weight excluding hydrogens is 831 g/mol. The summed E-state index contributed by atoms with van der Waals surface area (Å²) in [7, 11) is 4.71. The van der Waals surface area contributed by atoms with Gasteiger partial charge in [0.2, 0.25) is 5.79 Å². The maximum absolute atomic E-state index is 14.4. The van der Waals surface area contributed by atoms with Crippen LogP contribution in [0.4, 0.5) is 0 Å². The van der Waals surface area contributed by atoms with E-state index < -0.39 is 71.8 Å². The molecule has 4 aliphatic rings. The van der Waals surface area contributed by atoms with E-state index in [0.717, 1.165) is 17.6 Å². The molecule has 2 saturated heterocycles. The fourth-order valence-electron chi connectivity index (χ4n) is 10.3. The molecule has 4 rings (SSSR count). The van der Waals surface area contributed by atoms with Crippen molar-refractivity contribution >= 4 is 29.2 Å². The first-order valence-electron chi connectivity index (χ1n) is 24.2. The van der Waals surface area contributed by atoms with Crippen LogP contribution in [0.3, 0.4) is 0 Å². The molecule has 0 aromatic carbocycles. The molecule has 1 aliphatic carbocycles. The Morgan fingerprint density at radius 1 is 0.846 bits per heavy atom. The van der Waals surface area contributed by atoms with Crippen molar-refractivity contribution in [2.24, 2.45) is 41.4 Å². The Labute approximate surface area is 388 Å². The first-order chi connectivity index (χ1) is 30.7. The minimum Gasteiger partial charge on any atom is -0.460 e. The molecule has 13 nitrogen and oxygen atoms in total. The summed E-state index contributed by atoms with van der Waals surface area (Å²) < 4.78 is 29.7. The molecule has 366 valence electrons. The zero-order valence-corrected chi connectivity index (χ0v) is 41.2. The number of esters is 1. The lowest BCUT2D eigenvalue weighted by molar-refractivity contribution is -0.265. The lowest BCUT2D eigenvalue weighted by Crippen LogP contribution is -2.61. The van der Waals surface area contributed by atoms with Gasteiger partial charge in [0.15, 0.2) is 5.78 Å². The number of allylic oxidation sites excluding steroid dienone is 6. The van der Waals surface area contributed by atoms with E-state index in [0.29, 0.717) is 57.8 Å². The third-order valence-corrected chi connectivity index (χ3v) is 14.9. The van der Waals surface area contributed by atoms with Gasteiger partial charge in [0.25, 0.3) is 11.7 Å². The number of aliphatic hydroxyl groups excluding tert-OH is 1. The van der Waals surface area contributed by atoms with Crippen molar-refractivity contribution < 1.29 is 57.9 Å². The summed E-state index contributed by atoms with van der Waals surface area (Å²) in [6.07, 6.45) is 14.0. The summed E-state index contributed by atoms with van der Waals surface area (Å²) in [5, 5.41) is 22.4.